The van der Waals surface area contributed by atoms with Gasteiger partial charge in [-0.3, -0.25) is 9.78 Å². The summed E-state index contributed by atoms with van der Waals surface area (Å²) in [5, 5.41) is 15.6. The number of nitrogens with one attached hydrogen (secondary N) is 2. The summed E-state index contributed by atoms with van der Waals surface area (Å²) in [6, 6.07) is 3.64. The summed E-state index contributed by atoms with van der Waals surface area (Å²) < 4.78 is 5.19. The van der Waals surface area contributed by atoms with Gasteiger partial charge in [0.05, 0.1) is 30.2 Å². The van der Waals surface area contributed by atoms with Crippen LogP contribution in [0.15, 0.2) is 18.3 Å². The molecule has 0 bridgehead atoms. The van der Waals surface area contributed by atoms with Gasteiger partial charge in [-0.2, -0.15) is 0 Å². The zero-order valence-electron chi connectivity index (χ0n) is 18.2. The Kier molecular flexibility index (Phi) is 6.99. The molecule has 2 aromatic rings. The molecule has 2 aromatic heterocycles. The molecular formula is C22H31N5O3. The van der Waals surface area contributed by atoms with Gasteiger partial charge in [0.15, 0.2) is 11.6 Å². The molecule has 3 N–H and O–H groups in total. The molecule has 0 spiro atoms. The third-order valence-corrected chi connectivity index (χ3v) is 5.32. The van der Waals surface area contributed by atoms with Gasteiger partial charge in [0.1, 0.15) is 5.60 Å². The fourth-order valence-electron chi connectivity index (χ4n) is 3.55. The summed E-state index contributed by atoms with van der Waals surface area (Å²) in [5.41, 5.74) is 1.87. The molecule has 0 unspecified atom stereocenters. The molecule has 1 aliphatic heterocycles. The average Bonchev–Trinajstić information content (AvgIpc) is 2.74. The second-order valence-electron chi connectivity index (χ2n) is 8.24. The minimum absolute atomic E-state index is 0.137. The highest BCUT2D eigenvalue weighted by molar-refractivity contribution is 5.98. The van der Waals surface area contributed by atoms with Crippen molar-refractivity contribution in [1.29, 1.82) is 0 Å². The Bertz CT molecular complexity index is 889. The zero-order valence-corrected chi connectivity index (χ0v) is 18.2. The van der Waals surface area contributed by atoms with E-state index in [0.29, 0.717) is 29.1 Å². The molecule has 3 heterocycles. The molecule has 8 nitrogen and oxygen atoms in total. The topological polar surface area (TPSA) is 109 Å². The maximum Gasteiger partial charge on any atom is 0.244 e. The second-order valence-corrected chi connectivity index (χ2v) is 8.24. The van der Waals surface area contributed by atoms with Crippen LogP contribution >= 0.6 is 0 Å². The summed E-state index contributed by atoms with van der Waals surface area (Å²) in [5.74, 6) is 0.837. The van der Waals surface area contributed by atoms with Gasteiger partial charge in [0, 0.05) is 18.4 Å². The molecule has 0 saturated heterocycles. The van der Waals surface area contributed by atoms with Crippen molar-refractivity contribution in [3.05, 3.63) is 29.7 Å². The van der Waals surface area contributed by atoms with Crippen LogP contribution in [0.2, 0.25) is 0 Å². The maximum absolute atomic E-state index is 11.3. The number of anilines is 2. The number of nitrogens with zero attached hydrogens (tertiary/aromatic N) is 3. The first kappa shape index (κ1) is 22.1. The van der Waals surface area contributed by atoms with Crippen LogP contribution in [0.25, 0.3) is 11.3 Å². The highest BCUT2D eigenvalue weighted by atomic mass is 16.5. The van der Waals surface area contributed by atoms with E-state index in [1.165, 1.54) is 32.1 Å². The lowest BCUT2D eigenvalue weighted by atomic mass is 9.98. The Labute approximate surface area is 177 Å². The van der Waals surface area contributed by atoms with Crippen LogP contribution in [0.5, 0.6) is 0 Å². The van der Waals surface area contributed by atoms with Crippen LogP contribution in [-0.4, -0.2) is 45.7 Å². The van der Waals surface area contributed by atoms with E-state index < -0.39 is 5.60 Å². The van der Waals surface area contributed by atoms with Crippen LogP contribution in [0.4, 0.5) is 11.6 Å². The first-order chi connectivity index (χ1) is 14.3. The zero-order chi connectivity index (χ0) is 21.7. The van der Waals surface area contributed by atoms with E-state index in [9.17, 15) is 9.90 Å². The Morgan fingerprint density at radius 1 is 1.13 bits per heavy atom. The standard InChI is InChI=1S/C15H17N5O2.C7H14O/c1-8-9(4-5-11(18-8)15(2,3)22)10-6-16-14-13(19-10)17-7-12(21)20-14;1-8-7-5-3-2-4-6-7/h4-6,22H,7H2,1-3H3,(H,17,19)(H,16,20,21);7H,2-6H2,1H3. The van der Waals surface area contributed by atoms with Crippen LogP contribution in [0, 0.1) is 6.92 Å². The molecule has 162 valence electrons. The van der Waals surface area contributed by atoms with E-state index in [0.717, 1.165) is 11.3 Å². The van der Waals surface area contributed by atoms with Crippen LogP contribution in [0.3, 0.4) is 0 Å². The van der Waals surface area contributed by atoms with Gasteiger partial charge in [-0.1, -0.05) is 19.3 Å². The molecule has 8 heteroatoms. The summed E-state index contributed by atoms with van der Waals surface area (Å²) in [6.45, 7) is 5.43. The quantitative estimate of drug-likeness (QED) is 0.707. The smallest absolute Gasteiger partial charge is 0.244 e. The van der Waals surface area contributed by atoms with Crippen molar-refractivity contribution < 1.29 is 14.6 Å². The highest BCUT2D eigenvalue weighted by Crippen LogP contribution is 2.28. The van der Waals surface area contributed by atoms with Crippen molar-refractivity contribution in [2.75, 3.05) is 24.3 Å². The third-order valence-electron chi connectivity index (χ3n) is 5.32. The monoisotopic (exact) mass is 413 g/mol. The summed E-state index contributed by atoms with van der Waals surface area (Å²) in [7, 11) is 1.82. The number of rotatable bonds is 3. The molecule has 0 atom stereocenters. The minimum Gasteiger partial charge on any atom is -0.384 e. The van der Waals surface area contributed by atoms with Gasteiger partial charge < -0.3 is 20.5 Å². The first-order valence-electron chi connectivity index (χ1n) is 10.4. The predicted molar refractivity (Wildman–Crippen MR) is 116 cm³/mol. The fourth-order valence-corrected chi connectivity index (χ4v) is 3.55. The third kappa shape index (κ3) is 5.52. The molecule has 2 aliphatic rings. The highest BCUT2D eigenvalue weighted by Gasteiger charge is 2.21. The van der Waals surface area contributed by atoms with Crippen LogP contribution in [0.1, 0.15) is 57.3 Å². The summed E-state index contributed by atoms with van der Waals surface area (Å²) >= 11 is 0. The molecule has 0 radical (unpaired) electrons. The molecule has 1 saturated carbocycles. The van der Waals surface area contributed by atoms with Crippen molar-refractivity contribution in [3.8, 4) is 11.3 Å². The number of carbonyl (C=O) groups excluding carboxylic acids is 1. The van der Waals surface area contributed by atoms with Crippen molar-refractivity contribution in [2.24, 2.45) is 0 Å². The second kappa shape index (κ2) is 9.49. The van der Waals surface area contributed by atoms with Crippen molar-refractivity contribution >= 4 is 17.5 Å². The maximum atomic E-state index is 11.3. The molecule has 1 fully saturated rings. The molecular weight excluding hydrogens is 382 g/mol. The van der Waals surface area contributed by atoms with Crippen molar-refractivity contribution in [3.63, 3.8) is 0 Å². The number of fused-ring (bicyclic) bond motifs is 1. The minimum atomic E-state index is -0.989. The Hall–Kier alpha value is -2.58. The van der Waals surface area contributed by atoms with Gasteiger partial charge in [-0.15, -0.1) is 0 Å². The summed E-state index contributed by atoms with van der Waals surface area (Å²) in [4.78, 5) is 24.4. The number of methoxy groups -OCH3 is 1. The lowest BCUT2D eigenvalue weighted by Crippen LogP contribution is -2.28. The SMILES string of the molecule is COC1CCCCC1.Cc1nc(C(C)(C)O)ccc1-c1cnc2c(n1)NCC(=O)N2. The van der Waals surface area contributed by atoms with Crippen molar-refractivity contribution in [2.45, 2.75) is 64.6 Å². The molecule has 30 heavy (non-hydrogen) atoms. The first-order valence-corrected chi connectivity index (χ1v) is 10.4. The number of hydrogen-bond donors (Lipinski definition) is 3. The Morgan fingerprint density at radius 3 is 2.47 bits per heavy atom. The van der Waals surface area contributed by atoms with E-state index in [2.05, 4.69) is 25.6 Å². The molecule has 0 aromatic carbocycles. The lowest BCUT2D eigenvalue weighted by Gasteiger charge is -2.19. The number of ether oxygens (including phenoxy) is 1. The number of aromatic nitrogens is 3. The molecule has 4 rings (SSSR count). The number of hydrogen-bond acceptors (Lipinski definition) is 7. The number of aryl methyl sites for hydroxylation is 1. The Morgan fingerprint density at radius 2 is 1.87 bits per heavy atom. The number of carbonyl (C=O) groups is 1. The van der Waals surface area contributed by atoms with Crippen LogP contribution < -0.4 is 10.6 Å². The average molecular weight is 414 g/mol. The Balaban J connectivity index is 0.000000269. The number of pyridine rings is 1. The summed E-state index contributed by atoms with van der Waals surface area (Å²) in [6.07, 6.45) is 8.92. The van der Waals surface area contributed by atoms with E-state index >= 15 is 0 Å². The predicted octanol–water partition coefficient (Wildman–Crippen LogP) is 3.40. The van der Waals surface area contributed by atoms with Gasteiger partial charge in [0.2, 0.25) is 5.91 Å². The van der Waals surface area contributed by atoms with Crippen LogP contribution in [-0.2, 0) is 15.1 Å². The lowest BCUT2D eigenvalue weighted by molar-refractivity contribution is -0.114. The largest absolute Gasteiger partial charge is 0.384 e. The molecule has 1 amide bonds. The van der Waals surface area contributed by atoms with E-state index in [1.807, 2.05) is 20.1 Å². The fraction of sp³-hybridized carbons (Fsp3) is 0.545. The van der Waals surface area contributed by atoms with Gasteiger partial charge >= 0.3 is 0 Å². The van der Waals surface area contributed by atoms with E-state index in [-0.39, 0.29) is 12.5 Å². The number of amides is 1. The molecule has 1 aliphatic carbocycles. The van der Waals surface area contributed by atoms with Gasteiger partial charge in [-0.25, -0.2) is 9.97 Å². The van der Waals surface area contributed by atoms with Gasteiger partial charge in [0.25, 0.3) is 0 Å². The normalized spacial score (nSPS) is 16.6. The van der Waals surface area contributed by atoms with Crippen molar-refractivity contribution in [1.82, 2.24) is 15.0 Å². The van der Waals surface area contributed by atoms with E-state index in [4.69, 9.17) is 4.74 Å². The van der Waals surface area contributed by atoms with Gasteiger partial charge in [-0.05, 0) is 45.7 Å². The number of aliphatic hydroxyl groups is 1. The van der Waals surface area contributed by atoms with E-state index in [1.54, 1.807) is 26.1 Å².